The van der Waals surface area contributed by atoms with Crippen LogP contribution in [0.5, 0.6) is 0 Å². The standard InChI is InChI=1S/C30H57N5Si2/c1-25(2,3)36(26(4,5)6,27(7,8)9)35(23-20-32-24-22(34-23)19-31-21-33-24)37(28(10,11)12,29(13,14)15)30(16,17)18/h19-21H,1-18H3. The minimum atomic E-state index is -2.57. The molecule has 0 N–H and O–H groups in total. The smallest absolute Gasteiger partial charge is 0.181 e. The fraction of sp³-hybridized carbons (Fsp3) is 0.800. The molecule has 0 aliphatic heterocycles. The third-order valence-electron chi connectivity index (χ3n) is 8.62. The molecule has 0 saturated carbocycles. The van der Waals surface area contributed by atoms with Gasteiger partial charge in [0.1, 0.15) is 17.7 Å². The quantitative estimate of drug-likeness (QED) is 0.360. The van der Waals surface area contributed by atoms with Gasteiger partial charge in [0.2, 0.25) is 0 Å². The molecule has 0 aliphatic rings. The van der Waals surface area contributed by atoms with E-state index in [0.29, 0.717) is 5.65 Å². The molecular formula is C30H57N5Si2. The predicted molar refractivity (Wildman–Crippen MR) is 167 cm³/mol. The zero-order valence-corrected chi connectivity index (χ0v) is 29.5. The molecule has 7 heteroatoms. The van der Waals surface area contributed by atoms with Crippen molar-refractivity contribution in [1.82, 2.24) is 19.9 Å². The molecule has 0 spiro atoms. The van der Waals surface area contributed by atoms with Gasteiger partial charge in [0.25, 0.3) is 0 Å². The molecular weight excluding hydrogens is 487 g/mol. The number of hydrogen-bond donors (Lipinski definition) is 0. The van der Waals surface area contributed by atoms with Crippen molar-refractivity contribution < 1.29 is 0 Å². The summed E-state index contributed by atoms with van der Waals surface area (Å²) >= 11 is 0. The van der Waals surface area contributed by atoms with Crippen LogP contribution in [0.1, 0.15) is 125 Å². The van der Waals surface area contributed by atoms with Crippen LogP contribution >= 0.6 is 0 Å². The first-order valence-electron chi connectivity index (χ1n) is 13.9. The number of nitrogens with zero attached hydrogens (tertiary/aromatic N) is 5. The Morgan fingerprint density at radius 3 is 1.19 bits per heavy atom. The number of hydrogen-bond acceptors (Lipinski definition) is 5. The third-order valence-corrected chi connectivity index (χ3v) is 25.5. The Bertz CT molecular complexity index is 979. The molecule has 5 nitrogen and oxygen atoms in total. The van der Waals surface area contributed by atoms with E-state index in [0.717, 1.165) is 11.3 Å². The predicted octanol–water partition coefficient (Wildman–Crippen LogP) is 9.92. The summed E-state index contributed by atoms with van der Waals surface area (Å²) in [6.07, 6.45) is 5.41. The van der Waals surface area contributed by atoms with Crippen LogP contribution < -0.4 is 4.23 Å². The second kappa shape index (κ2) is 9.11. The average Bonchev–Trinajstić information content (AvgIpc) is 2.60. The van der Waals surface area contributed by atoms with Crippen LogP contribution in [-0.2, 0) is 0 Å². The van der Waals surface area contributed by atoms with Crippen LogP contribution in [-0.4, -0.2) is 36.4 Å². The van der Waals surface area contributed by atoms with Gasteiger partial charge in [-0.05, 0) is 30.2 Å². The Morgan fingerprint density at radius 1 is 0.514 bits per heavy atom. The van der Waals surface area contributed by atoms with Crippen LogP contribution in [0.4, 0.5) is 5.82 Å². The highest BCUT2D eigenvalue weighted by molar-refractivity contribution is 7.08. The second-order valence-electron chi connectivity index (χ2n) is 17.2. The summed E-state index contributed by atoms with van der Waals surface area (Å²) in [5, 5.41) is 0.210. The van der Waals surface area contributed by atoms with E-state index in [4.69, 9.17) is 9.97 Å². The summed E-state index contributed by atoms with van der Waals surface area (Å²) in [5.74, 6) is 1.01. The maximum atomic E-state index is 5.40. The molecule has 2 aromatic heterocycles. The highest BCUT2D eigenvalue weighted by Crippen LogP contribution is 2.72. The normalized spacial score (nSPS) is 15.3. The van der Waals surface area contributed by atoms with Gasteiger partial charge in [-0.3, -0.25) is 0 Å². The van der Waals surface area contributed by atoms with E-state index in [2.05, 4.69) is 139 Å². The molecule has 2 aromatic rings. The molecule has 0 aliphatic carbocycles. The lowest BCUT2D eigenvalue weighted by Gasteiger charge is -2.75. The van der Waals surface area contributed by atoms with Gasteiger partial charge < -0.3 is 4.23 Å². The topological polar surface area (TPSA) is 54.8 Å². The molecule has 0 unspecified atom stereocenters. The van der Waals surface area contributed by atoms with E-state index in [1.54, 1.807) is 6.33 Å². The number of anilines is 1. The van der Waals surface area contributed by atoms with Crippen LogP contribution in [0.2, 0.25) is 30.2 Å². The van der Waals surface area contributed by atoms with E-state index in [-0.39, 0.29) is 30.2 Å². The first-order valence-corrected chi connectivity index (χ1v) is 17.8. The number of fused-ring (bicyclic) bond motifs is 1. The van der Waals surface area contributed by atoms with Crippen molar-refractivity contribution in [2.75, 3.05) is 4.23 Å². The highest BCUT2D eigenvalue weighted by atomic mass is 28.4. The molecule has 2 rings (SSSR count). The van der Waals surface area contributed by atoms with Gasteiger partial charge in [-0.1, -0.05) is 125 Å². The summed E-state index contributed by atoms with van der Waals surface area (Å²) in [7, 11) is -5.14. The largest absolute Gasteiger partial charge is 0.405 e. The molecule has 2 heterocycles. The van der Waals surface area contributed by atoms with Crippen molar-refractivity contribution in [1.29, 1.82) is 0 Å². The van der Waals surface area contributed by atoms with Crippen LogP contribution in [0.3, 0.4) is 0 Å². The summed E-state index contributed by atoms with van der Waals surface area (Å²) < 4.78 is 3.04. The summed E-state index contributed by atoms with van der Waals surface area (Å²) in [6, 6.07) is 0. The van der Waals surface area contributed by atoms with Crippen molar-refractivity contribution in [2.45, 2.75) is 155 Å². The monoisotopic (exact) mass is 543 g/mol. The van der Waals surface area contributed by atoms with E-state index in [1.165, 1.54) is 0 Å². The Kier molecular flexibility index (Phi) is 7.84. The van der Waals surface area contributed by atoms with Crippen molar-refractivity contribution in [3.05, 3.63) is 18.7 Å². The maximum absolute atomic E-state index is 5.40. The fourth-order valence-corrected chi connectivity index (χ4v) is 36.7. The number of aromatic nitrogens is 4. The fourth-order valence-electron chi connectivity index (χ4n) is 10.2. The lowest BCUT2D eigenvalue weighted by Crippen LogP contribution is -2.83. The summed E-state index contributed by atoms with van der Waals surface area (Å²) in [5.41, 5.74) is 1.42. The Hall–Kier alpha value is -1.35. The molecule has 37 heavy (non-hydrogen) atoms. The molecule has 0 bridgehead atoms. The minimum absolute atomic E-state index is 0.0350. The maximum Gasteiger partial charge on any atom is 0.181 e. The summed E-state index contributed by atoms with van der Waals surface area (Å²) in [4.78, 5) is 19.0. The van der Waals surface area contributed by atoms with Gasteiger partial charge in [0.15, 0.2) is 22.1 Å². The lowest BCUT2D eigenvalue weighted by molar-refractivity contribution is 0.496. The Labute approximate surface area is 230 Å². The molecule has 0 radical (unpaired) electrons. The van der Waals surface area contributed by atoms with Crippen molar-refractivity contribution >= 4 is 33.5 Å². The van der Waals surface area contributed by atoms with Gasteiger partial charge >= 0.3 is 0 Å². The van der Waals surface area contributed by atoms with E-state index in [9.17, 15) is 0 Å². The molecule has 0 atom stereocenters. The zero-order valence-electron chi connectivity index (χ0n) is 27.5. The van der Waals surface area contributed by atoms with Gasteiger partial charge in [-0.2, -0.15) is 0 Å². The first-order chi connectivity index (χ1) is 16.2. The third kappa shape index (κ3) is 4.70. The Morgan fingerprint density at radius 2 is 0.865 bits per heavy atom. The van der Waals surface area contributed by atoms with Crippen molar-refractivity contribution in [3.8, 4) is 0 Å². The first kappa shape index (κ1) is 31.9. The van der Waals surface area contributed by atoms with E-state index >= 15 is 0 Å². The van der Waals surface area contributed by atoms with Crippen LogP contribution in [0.25, 0.3) is 11.2 Å². The van der Waals surface area contributed by atoms with Gasteiger partial charge in [-0.25, -0.2) is 19.9 Å². The van der Waals surface area contributed by atoms with Crippen molar-refractivity contribution in [3.63, 3.8) is 0 Å². The molecule has 0 aromatic carbocycles. The Balaban J connectivity index is 3.45. The minimum Gasteiger partial charge on any atom is -0.405 e. The van der Waals surface area contributed by atoms with Gasteiger partial charge in [-0.15, -0.1) is 0 Å². The van der Waals surface area contributed by atoms with Gasteiger partial charge in [0, 0.05) is 0 Å². The summed E-state index contributed by atoms with van der Waals surface area (Å²) in [6.45, 7) is 44.9. The number of rotatable bonds is 3. The van der Waals surface area contributed by atoms with Crippen molar-refractivity contribution in [2.24, 2.45) is 0 Å². The molecule has 210 valence electrons. The lowest BCUT2D eigenvalue weighted by atomic mass is 10.2. The SMILES string of the molecule is CC(C)(C)[Si](N(c1cnc2ncncc2n1)[Si](C(C)(C)C)(C(C)(C)C)C(C)(C)C)(C(C)(C)C)C(C)(C)C. The molecule has 0 fully saturated rings. The van der Waals surface area contributed by atoms with Crippen LogP contribution in [0, 0.1) is 0 Å². The zero-order chi connectivity index (χ0) is 29.3. The van der Waals surface area contributed by atoms with E-state index in [1.807, 2.05) is 12.4 Å². The highest BCUT2D eigenvalue weighted by Gasteiger charge is 2.74. The molecule has 0 saturated heterocycles. The average molecular weight is 544 g/mol. The second-order valence-corrected chi connectivity index (χ2v) is 30.4. The molecule has 0 amide bonds. The van der Waals surface area contributed by atoms with E-state index < -0.39 is 16.5 Å². The van der Waals surface area contributed by atoms with Crippen LogP contribution in [0.15, 0.2) is 18.7 Å². The van der Waals surface area contributed by atoms with Gasteiger partial charge in [0.05, 0.1) is 12.4 Å².